The number of nitro groups is 1. The van der Waals surface area contributed by atoms with E-state index >= 15 is 0 Å². The molecule has 4 atom stereocenters. The Balaban J connectivity index is 1.52. The number of phenolic OH excluding ortho intramolecular Hbond substituents is 1. The van der Waals surface area contributed by atoms with Crippen molar-refractivity contribution in [2.24, 2.45) is 0 Å². The lowest BCUT2D eigenvalue weighted by molar-refractivity contribution is -0.384. The van der Waals surface area contributed by atoms with E-state index in [2.05, 4.69) is 0 Å². The van der Waals surface area contributed by atoms with E-state index < -0.39 is 35.5 Å². The van der Waals surface area contributed by atoms with Gasteiger partial charge in [-0.05, 0) is 35.9 Å². The van der Waals surface area contributed by atoms with E-state index in [1.165, 1.54) is 49.6 Å². The van der Waals surface area contributed by atoms with Gasteiger partial charge in [-0.3, -0.25) is 10.1 Å². The Bertz CT molecular complexity index is 991. The van der Waals surface area contributed by atoms with Crippen LogP contribution in [0.2, 0.25) is 0 Å². The number of esters is 1. The molecule has 1 aliphatic heterocycles. The molecule has 11 heteroatoms. The van der Waals surface area contributed by atoms with Crippen molar-refractivity contribution in [1.82, 2.24) is 0 Å². The van der Waals surface area contributed by atoms with Gasteiger partial charge in [-0.1, -0.05) is 6.07 Å². The summed E-state index contributed by atoms with van der Waals surface area (Å²) in [6.07, 6.45) is -2.50. The van der Waals surface area contributed by atoms with Crippen LogP contribution >= 0.6 is 0 Å². The van der Waals surface area contributed by atoms with E-state index in [9.17, 15) is 30.2 Å². The molecule has 0 amide bonds. The maximum absolute atomic E-state index is 12.0. The fourth-order valence-electron chi connectivity index (χ4n) is 2.90. The smallest absolute Gasteiger partial charge is 0.330 e. The van der Waals surface area contributed by atoms with Crippen LogP contribution < -0.4 is 9.47 Å². The highest BCUT2D eigenvalue weighted by Crippen LogP contribution is 2.27. The Morgan fingerprint density at radius 3 is 2.56 bits per heavy atom. The lowest BCUT2D eigenvalue weighted by Gasteiger charge is -2.16. The number of carbonyl (C=O) groups excluding carboxylic acids is 1. The SMILES string of the molecule is COc1cc(/C=C/C(=O)OC[C@@H]2O[C@H](Oc3ccc([N+](=O)[O-])cc3)[C@H](O)[C@H]2O)ccc1O. The Hall–Kier alpha value is -3.67. The molecule has 0 bridgehead atoms. The molecule has 0 unspecified atom stereocenters. The fraction of sp³-hybridized carbons (Fsp3) is 0.286. The molecule has 170 valence electrons. The zero-order valence-electron chi connectivity index (χ0n) is 16.9. The number of hydrogen-bond donors (Lipinski definition) is 3. The van der Waals surface area contributed by atoms with Gasteiger partial charge in [-0.15, -0.1) is 0 Å². The van der Waals surface area contributed by atoms with E-state index in [1.807, 2.05) is 0 Å². The fourth-order valence-corrected chi connectivity index (χ4v) is 2.90. The molecule has 0 saturated carbocycles. The number of hydrogen-bond acceptors (Lipinski definition) is 10. The van der Waals surface area contributed by atoms with Gasteiger partial charge in [0.2, 0.25) is 6.29 Å². The van der Waals surface area contributed by atoms with Gasteiger partial charge in [-0.2, -0.15) is 0 Å². The molecule has 3 rings (SSSR count). The number of methoxy groups -OCH3 is 1. The molecule has 11 nitrogen and oxygen atoms in total. The highest BCUT2D eigenvalue weighted by Gasteiger charge is 2.44. The van der Waals surface area contributed by atoms with Crippen LogP contribution in [-0.2, 0) is 14.3 Å². The van der Waals surface area contributed by atoms with Crippen LogP contribution in [-0.4, -0.2) is 64.5 Å². The van der Waals surface area contributed by atoms with Crippen molar-refractivity contribution < 1.29 is 44.0 Å². The summed E-state index contributed by atoms with van der Waals surface area (Å²) in [7, 11) is 1.40. The van der Waals surface area contributed by atoms with Crippen LogP contribution in [0.4, 0.5) is 5.69 Å². The minimum absolute atomic E-state index is 0.0383. The summed E-state index contributed by atoms with van der Waals surface area (Å²) in [6, 6.07) is 9.62. The number of benzene rings is 2. The number of phenols is 1. The molecule has 2 aromatic carbocycles. The van der Waals surface area contributed by atoms with Crippen LogP contribution in [0.15, 0.2) is 48.5 Å². The van der Waals surface area contributed by atoms with Crippen molar-refractivity contribution in [3.8, 4) is 17.2 Å². The van der Waals surface area contributed by atoms with Gasteiger partial charge in [0.15, 0.2) is 11.5 Å². The Morgan fingerprint density at radius 1 is 1.19 bits per heavy atom. The van der Waals surface area contributed by atoms with Crippen molar-refractivity contribution in [2.45, 2.75) is 24.6 Å². The highest BCUT2D eigenvalue weighted by atomic mass is 16.7. The minimum atomic E-state index is -1.42. The normalized spacial score (nSPS) is 22.6. The topological polar surface area (TPSA) is 158 Å². The molecule has 32 heavy (non-hydrogen) atoms. The van der Waals surface area contributed by atoms with Gasteiger partial charge >= 0.3 is 5.97 Å². The van der Waals surface area contributed by atoms with Crippen LogP contribution in [0.25, 0.3) is 6.08 Å². The number of nitrogens with zero attached hydrogens (tertiary/aromatic N) is 1. The third kappa shape index (κ3) is 5.52. The van der Waals surface area contributed by atoms with Crippen LogP contribution in [0.5, 0.6) is 17.2 Å². The molecule has 0 aliphatic carbocycles. The Morgan fingerprint density at radius 2 is 1.91 bits per heavy atom. The van der Waals surface area contributed by atoms with Crippen LogP contribution in [0, 0.1) is 10.1 Å². The second kappa shape index (κ2) is 10.1. The first-order valence-electron chi connectivity index (χ1n) is 9.43. The summed E-state index contributed by atoms with van der Waals surface area (Å²) in [6.45, 7) is -0.347. The molecule has 1 heterocycles. The molecule has 0 radical (unpaired) electrons. The number of carbonyl (C=O) groups is 1. The van der Waals surface area contributed by atoms with Crippen molar-refractivity contribution in [3.05, 3.63) is 64.2 Å². The minimum Gasteiger partial charge on any atom is -0.504 e. The molecular weight excluding hydrogens is 426 g/mol. The molecule has 0 aromatic heterocycles. The van der Waals surface area contributed by atoms with Gasteiger partial charge in [0.05, 0.1) is 12.0 Å². The second-order valence-corrected chi connectivity index (χ2v) is 6.79. The van der Waals surface area contributed by atoms with Crippen LogP contribution in [0.3, 0.4) is 0 Å². The lowest BCUT2D eigenvalue weighted by Crippen LogP contribution is -2.36. The summed E-state index contributed by atoms with van der Waals surface area (Å²) in [5, 5.41) is 40.5. The van der Waals surface area contributed by atoms with E-state index in [0.717, 1.165) is 6.08 Å². The first-order valence-corrected chi connectivity index (χ1v) is 9.43. The van der Waals surface area contributed by atoms with Gasteiger partial charge in [-0.25, -0.2) is 4.79 Å². The quantitative estimate of drug-likeness (QED) is 0.234. The van der Waals surface area contributed by atoms with Gasteiger partial charge in [0, 0.05) is 18.2 Å². The predicted molar refractivity (Wildman–Crippen MR) is 109 cm³/mol. The average molecular weight is 447 g/mol. The molecule has 1 aliphatic rings. The summed E-state index contributed by atoms with van der Waals surface area (Å²) in [4.78, 5) is 22.1. The molecule has 1 fully saturated rings. The van der Waals surface area contributed by atoms with Crippen LogP contribution in [0.1, 0.15) is 5.56 Å². The van der Waals surface area contributed by atoms with E-state index in [4.69, 9.17) is 18.9 Å². The molecule has 0 spiro atoms. The lowest BCUT2D eigenvalue weighted by atomic mass is 10.1. The molecule has 3 N–H and O–H groups in total. The maximum atomic E-state index is 12.0. The van der Waals surface area contributed by atoms with E-state index in [-0.39, 0.29) is 29.5 Å². The second-order valence-electron chi connectivity index (χ2n) is 6.79. The number of non-ortho nitro benzene ring substituents is 1. The largest absolute Gasteiger partial charge is 0.504 e. The zero-order chi connectivity index (χ0) is 23.3. The number of nitro benzene ring substituents is 1. The predicted octanol–water partition coefficient (Wildman–Crippen LogP) is 1.39. The summed E-state index contributed by atoms with van der Waals surface area (Å²) in [5.41, 5.74) is 0.453. The van der Waals surface area contributed by atoms with Gasteiger partial charge in [0.25, 0.3) is 5.69 Å². The summed E-state index contributed by atoms with van der Waals surface area (Å²) in [5.74, 6) is -0.321. The monoisotopic (exact) mass is 447 g/mol. The molecule has 1 saturated heterocycles. The van der Waals surface area contributed by atoms with E-state index in [0.29, 0.717) is 5.56 Å². The van der Waals surface area contributed by atoms with Crippen molar-refractivity contribution >= 4 is 17.7 Å². The van der Waals surface area contributed by atoms with Crippen molar-refractivity contribution in [1.29, 1.82) is 0 Å². The Kier molecular flexibility index (Phi) is 7.25. The molecular formula is C21H21NO10. The third-order valence-corrected chi connectivity index (χ3v) is 4.62. The number of aromatic hydroxyl groups is 1. The number of rotatable bonds is 8. The number of aliphatic hydroxyl groups is 2. The highest BCUT2D eigenvalue weighted by molar-refractivity contribution is 5.87. The first-order chi connectivity index (χ1) is 15.3. The van der Waals surface area contributed by atoms with E-state index in [1.54, 1.807) is 6.07 Å². The molecule has 2 aromatic rings. The third-order valence-electron chi connectivity index (χ3n) is 4.62. The number of ether oxygens (including phenoxy) is 4. The van der Waals surface area contributed by atoms with Gasteiger partial charge in [0.1, 0.15) is 30.7 Å². The van der Waals surface area contributed by atoms with Crippen molar-refractivity contribution in [2.75, 3.05) is 13.7 Å². The average Bonchev–Trinajstić information content (AvgIpc) is 3.05. The standard InChI is InChI=1S/C21H21NO10/c1-29-16-10-12(2-8-15(16)23)3-9-18(24)30-11-17-19(25)20(26)21(32-17)31-14-6-4-13(5-7-14)22(27)28/h2-10,17,19-21,23,25-26H,11H2,1H3/b9-3+/t17-,19-,20+,21-/m0/s1. The zero-order valence-corrected chi connectivity index (χ0v) is 16.9. The maximum Gasteiger partial charge on any atom is 0.330 e. The van der Waals surface area contributed by atoms with Crippen molar-refractivity contribution in [3.63, 3.8) is 0 Å². The summed E-state index contributed by atoms with van der Waals surface area (Å²) >= 11 is 0. The first kappa shape index (κ1) is 23.0. The number of aliphatic hydroxyl groups excluding tert-OH is 2. The summed E-state index contributed by atoms with van der Waals surface area (Å²) < 4.78 is 20.9. The van der Waals surface area contributed by atoms with Gasteiger partial charge < -0.3 is 34.3 Å². The Labute approximate surface area is 182 Å².